The fraction of sp³-hybridized carbons (Fsp3) is 0.333. The number of carbonyl (C=O) groups excluding carboxylic acids is 1. The molecular weight excluding hydrogens is 392 g/mol. The summed E-state index contributed by atoms with van der Waals surface area (Å²) in [5, 5.41) is 7.22. The topological polar surface area (TPSA) is 68.6 Å². The quantitative estimate of drug-likeness (QED) is 0.531. The van der Waals surface area contributed by atoms with E-state index in [4.69, 9.17) is 9.47 Å². The van der Waals surface area contributed by atoms with Gasteiger partial charge in [-0.25, -0.2) is 4.68 Å². The van der Waals surface area contributed by atoms with Crippen LogP contribution in [-0.2, 0) is 0 Å². The number of rotatable bonds is 10. The summed E-state index contributed by atoms with van der Waals surface area (Å²) in [6.07, 6.45) is 1.75. The molecule has 1 N–H and O–H groups in total. The van der Waals surface area contributed by atoms with E-state index in [2.05, 4.69) is 29.2 Å². The normalized spacial score (nSPS) is 10.9. The molecule has 1 heterocycles. The van der Waals surface area contributed by atoms with Crippen LogP contribution in [-0.4, -0.2) is 53.9 Å². The number of aryl methyl sites for hydroxylation is 1. The van der Waals surface area contributed by atoms with Crippen molar-refractivity contribution in [2.75, 3.05) is 38.7 Å². The van der Waals surface area contributed by atoms with Gasteiger partial charge in [-0.2, -0.15) is 5.10 Å². The molecule has 7 nitrogen and oxygen atoms in total. The zero-order chi connectivity index (χ0) is 22.2. The lowest BCUT2D eigenvalue weighted by molar-refractivity contribution is 0.102. The molecular formula is C24H30N4O3. The number of aromatic nitrogens is 2. The standard InChI is InChI=1S/C24H30N4O3/c1-5-27(6-2)15-16-31-23-17-20(9-12-22(23)30-4)26-24(29)19-7-10-21(11-8-19)28-18(3)13-14-25-28/h7-14,17H,5-6,15-16H2,1-4H3,(H,26,29). The van der Waals surface area contributed by atoms with Gasteiger partial charge in [0, 0.05) is 35.8 Å². The van der Waals surface area contributed by atoms with Gasteiger partial charge in [0.1, 0.15) is 6.61 Å². The Morgan fingerprint density at radius 3 is 2.42 bits per heavy atom. The second-order valence-corrected chi connectivity index (χ2v) is 7.13. The lowest BCUT2D eigenvalue weighted by atomic mass is 10.2. The summed E-state index contributed by atoms with van der Waals surface area (Å²) in [6, 6.07) is 14.7. The number of benzene rings is 2. The van der Waals surface area contributed by atoms with E-state index >= 15 is 0 Å². The van der Waals surface area contributed by atoms with Crippen molar-refractivity contribution in [2.45, 2.75) is 20.8 Å². The Balaban J connectivity index is 1.67. The van der Waals surface area contributed by atoms with Gasteiger partial charge in [0.2, 0.25) is 0 Å². The van der Waals surface area contributed by atoms with E-state index in [1.807, 2.05) is 29.8 Å². The molecule has 0 aliphatic carbocycles. The highest BCUT2D eigenvalue weighted by Crippen LogP contribution is 2.30. The summed E-state index contributed by atoms with van der Waals surface area (Å²) in [5.41, 5.74) is 3.15. The average Bonchev–Trinajstić information content (AvgIpc) is 3.23. The molecule has 7 heteroatoms. The molecule has 0 unspecified atom stereocenters. The number of hydrogen-bond acceptors (Lipinski definition) is 5. The molecule has 0 spiro atoms. The molecule has 0 saturated carbocycles. The van der Waals surface area contributed by atoms with Crippen LogP contribution in [0.5, 0.6) is 11.5 Å². The van der Waals surface area contributed by atoms with Crippen molar-refractivity contribution in [3.8, 4) is 17.2 Å². The summed E-state index contributed by atoms with van der Waals surface area (Å²) in [4.78, 5) is 15.0. The minimum absolute atomic E-state index is 0.192. The maximum Gasteiger partial charge on any atom is 0.255 e. The van der Waals surface area contributed by atoms with Crippen molar-refractivity contribution in [1.29, 1.82) is 0 Å². The van der Waals surface area contributed by atoms with E-state index in [-0.39, 0.29) is 5.91 Å². The number of nitrogens with one attached hydrogen (secondary N) is 1. The summed E-state index contributed by atoms with van der Waals surface area (Å²) < 4.78 is 13.2. The molecule has 2 aromatic carbocycles. The van der Waals surface area contributed by atoms with Gasteiger partial charge >= 0.3 is 0 Å². The van der Waals surface area contributed by atoms with Crippen LogP contribution in [0.2, 0.25) is 0 Å². The summed E-state index contributed by atoms with van der Waals surface area (Å²) >= 11 is 0. The van der Waals surface area contributed by atoms with Crippen molar-refractivity contribution in [3.05, 3.63) is 66.0 Å². The van der Waals surface area contributed by atoms with Gasteiger partial charge in [-0.3, -0.25) is 4.79 Å². The predicted molar refractivity (Wildman–Crippen MR) is 123 cm³/mol. The minimum atomic E-state index is -0.192. The second kappa shape index (κ2) is 10.6. The number of likely N-dealkylation sites (N-methyl/N-ethyl adjacent to an activating group) is 1. The summed E-state index contributed by atoms with van der Waals surface area (Å²) in [7, 11) is 1.60. The number of nitrogens with zero attached hydrogens (tertiary/aromatic N) is 3. The fourth-order valence-electron chi connectivity index (χ4n) is 3.29. The zero-order valence-electron chi connectivity index (χ0n) is 18.6. The van der Waals surface area contributed by atoms with Gasteiger partial charge in [-0.1, -0.05) is 13.8 Å². The Bertz CT molecular complexity index is 994. The lowest BCUT2D eigenvalue weighted by Gasteiger charge is -2.19. The molecule has 3 rings (SSSR count). The Labute approximate surface area is 183 Å². The van der Waals surface area contributed by atoms with Crippen molar-refractivity contribution >= 4 is 11.6 Å². The second-order valence-electron chi connectivity index (χ2n) is 7.13. The molecule has 0 aliphatic heterocycles. The molecule has 1 aromatic heterocycles. The first-order valence-electron chi connectivity index (χ1n) is 10.5. The number of hydrogen-bond donors (Lipinski definition) is 1. The Morgan fingerprint density at radius 2 is 1.81 bits per heavy atom. The Hall–Kier alpha value is -3.32. The van der Waals surface area contributed by atoms with Gasteiger partial charge < -0.3 is 19.7 Å². The first-order valence-corrected chi connectivity index (χ1v) is 10.5. The van der Waals surface area contributed by atoms with Crippen molar-refractivity contribution in [2.24, 2.45) is 0 Å². The number of ether oxygens (including phenoxy) is 2. The van der Waals surface area contributed by atoms with Crippen LogP contribution in [0.1, 0.15) is 29.9 Å². The third-order valence-electron chi connectivity index (χ3n) is 5.19. The molecule has 0 fully saturated rings. The van der Waals surface area contributed by atoms with Crippen LogP contribution in [0.4, 0.5) is 5.69 Å². The maximum atomic E-state index is 12.7. The highest BCUT2D eigenvalue weighted by atomic mass is 16.5. The fourth-order valence-corrected chi connectivity index (χ4v) is 3.29. The molecule has 164 valence electrons. The van der Waals surface area contributed by atoms with Crippen molar-refractivity contribution in [1.82, 2.24) is 14.7 Å². The van der Waals surface area contributed by atoms with Crippen LogP contribution in [0.25, 0.3) is 5.69 Å². The minimum Gasteiger partial charge on any atom is -0.493 e. The number of anilines is 1. The molecule has 1 amide bonds. The van der Waals surface area contributed by atoms with Gasteiger partial charge in [-0.15, -0.1) is 0 Å². The first-order chi connectivity index (χ1) is 15.0. The van der Waals surface area contributed by atoms with E-state index in [1.165, 1.54) is 0 Å². The third kappa shape index (κ3) is 5.64. The Morgan fingerprint density at radius 1 is 1.06 bits per heavy atom. The van der Waals surface area contributed by atoms with Gasteiger partial charge in [0.05, 0.1) is 12.8 Å². The lowest BCUT2D eigenvalue weighted by Crippen LogP contribution is -2.28. The van der Waals surface area contributed by atoms with Crippen LogP contribution in [0, 0.1) is 6.92 Å². The largest absolute Gasteiger partial charge is 0.493 e. The molecule has 0 bridgehead atoms. The van der Waals surface area contributed by atoms with Gasteiger partial charge in [-0.05, 0) is 62.5 Å². The van der Waals surface area contributed by atoms with Crippen LogP contribution < -0.4 is 14.8 Å². The monoisotopic (exact) mass is 422 g/mol. The predicted octanol–water partition coefficient (Wildman–Crippen LogP) is 4.16. The van der Waals surface area contributed by atoms with Crippen LogP contribution >= 0.6 is 0 Å². The highest BCUT2D eigenvalue weighted by molar-refractivity contribution is 6.04. The molecule has 0 radical (unpaired) electrons. The number of amides is 1. The third-order valence-corrected chi connectivity index (χ3v) is 5.19. The Kier molecular flexibility index (Phi) is 7.67. The molecule has 3 aromatic rings. The number of carbonyl (C=O) groups is 1. The zero-order valence-corrected chi connectivity index (χ0v) is 18.6. The van der Waals surface area contributed by atoms with Crippen molar-refractivity contribution < 1.29 is 14.3 Å². The summed E-state index contributed by atoms with van der Waals surface area (Å²) in [5.74, 6) is 1.05. The van der Waals surface area contributed by atoms with Crippen LogP contribution in [0.15, 0.2) is 54.7 Å². The molecule has 0 saturated heterocycles. The molecule has 0 aliphatic rings. The molecule has 31 heavy (non-hydrogen) atoms. The average molecular weight is 423 g/mol. The van der Waals surface area contributed by atoms with Gasteiger partial charge in [0.25, 0.3) is 5.91 Å². The SMILES string of the molecule is CCN(CC)CCOc1cc(NC(=O)c2ccc(-n3nccc3C)cc2)ccc1OC. The van der Waals surface area contributed by atoms with Crippen LogP contribution in [0.3, 0.4) is 0 Å². The highest BCUT2D eigenvalue weighted by Gasteiger charge is 2.11. The summed E-state index contributed by atoms with van der Waals surface area (Å²) in [6.45, 7) is 9.57. The maximum absolute atomic E-state index is 12.7. The number of methoxy groups -OCH3 is 1. The van der Waals surface area contributed by atoms with E-state index in [9.17, 15) is 4.79 Å². The first kappa shape index (κ1) is 22.4. The molecule has 0 atom stereocenters. The van der Waals surface area contributed by atoms with Gasteiger partial charge in [0.15, 0.2) is 11.5 Å². The van der Waals surface area contributed by atoms with E-state index in [1.54, 1.807) is 43.6 Å². The van der Waals surface area contributed by atoms with E-state index < -0.39 is 0 Å². The smallest absolute Gasteiger partial charge is 0.255 e. The van der Waals surface area contributed by atoms with Crippen molar-refractivity contribution in [3.63, 3.8) is 0 Å². The van der Waals surface area contributed by atoms with E-state index in [0.29, 0.717) is 29.4 Å². The van der Waals surface area contributed by atoms with E-state index in [0.717, 1.165) is 31.0 Å².